The first kappa shape index (κ1) is 13.1. The molecule has 0 aliphatic carbocycles. The van der Waals surface area contributed by atoms with Crippen molar-refractivity contribution in [2.45, 2.75) is 6.04 Å². The van der Waals surface area contributed by atoms with Gasteiger partial charge in [-0.1, -0.05) is 0 Å². The Labute approximate surface area is 102 Å². The summed E-state index contributed by atoms with van der Waals surface area (Å²) in [5.41, 5.74) is 0.434. The number of hydrogen-bond acceptors (Lipinski definition) is 4. The summed E-state index contributed by atoms with van der Waals surface area (Å²) >= 11 is 3.23. The van der Waals surface area contributed by atoms with Crippen LogP contribution < -0.4 is 5.32 Å². The lowest BCUT2D eigenvalue weighted by atomic mass is 10.2. The van der Waals surface area contributed by atoms with Gasteiger partial charge in [-0.15, -0.1) is 0 Å². The molecule has 0 radical (unpaired) electrons. The maximum atomic E-state index is 11.7. The van der Waals surface area contributed by atoms with Crippen LogP contribution in [-0.4, -0.2) is 42.4 Å². The number of aromatic nitrogens is 1. The molecule has 1 amide bonds. The Balaban J connectivity index is 2.64. The minimum Gasteiger partial charge on any atom is -0.394 e. The van der Waals surface area contributed by atoms with E-state index in [4.69, 9.17) is 9.84 Å². The second-order valence-corrected chi connectivity index (χ2v) is 4.12. The normalized spacial score (nSPS) is 12.2. The third kappa shape index (κ3) is 3.88. The molecule has 1 heterocycles. The van der Waals surface area contributed by atoms with Gasteiger partial charge < -0.3 is 15.2 Å². The molecule has 0 aliphatic rings. The van der Waals surface area contributed by atoms with Gasteiger partial charge in [-0.25, -0.2) is 0 Å². The van der Waals surface area contributed by atoms with Crippen LogP contribution in [0.25, 0.3) is 0 Å². The van der Waals surface area contributed by atoms with E-state index in [9.17, 15) is 4.79 Å². The number of halogens is 1. The van der Waals surface area contributed by atoms with Crippen molar-refractivity contribution >= 4 is 21.8 Å². The number of ether oxygens (including phenoxy) is 1. The topological polar surface area (TPSA) is 71.5 Å². The highest BCUT2D eigenvalue weighted by atomic mass is 79.9. The summed E-state index contributed by atoms with van der Waals surface area (Å²) < 4.78 is 5.58. The van der Waals surface area contributed by atoms with Gasteiger partial charge in [0.2, 0.25) is 0 Å². The van der Waals surface area contributed by atoms with Gasteiger partial charge in [0.15, 0.2) is 0 Å². The standard InChI is InChI=1S/C10H13BrN2O3/c1-16-6-9(5-14)13-10(15)7-2-8(11)4-12-3-7/h2-4,9,14H,5-6H2,1H3,(H,13,15). The molecule has 1 rings (SSSR count). The van der Waals surface area contributed by atoms with Gasteiger partial charge in [0, 0.05) is 24.0 Å². The first-order chi connectivity index (χ1) is 7.67. The van der Waals surface area contributed by atoms with Crippen LogP contribution >= 0.6 is 15.9 Å². The summed E-state index contributed by atoms with van der Waals surface area (Å²) in [6, 6.07) is 1.25. The van der Waals surface area contributed by atoms with Crippen molar-refractivity contribution in [2.75, 3.05) is 20.3 Å². The average molecular weight is 289 g/mol. The number of rotatable bonds is 5. The Hall–Kier alpha value is -0.980. The predicted molar refractivity (Wildman–Crippen MR) is 62.2 cm³/mol. The average Bonchev–Trinajstić information content (AvgIpc) is 2.28. The molecule has 1 aromatic heterocycles. The van der Waals surface area contributed by atoms with E-state index < -0.39 is 6.04 Å². The predicted octanol–water partition coefficient (Wildman–Crippen LogP) is 0.581. The number of pyridine rings is 1. The van der Waals surface area contributed by atoms with E-state index in [1.807, 2.05) is 0 Å². The quantitative estimate of drug-likeness (QED) is 0.832. The van der Waals surface area contributed by atoms with E-state index in [1.165, 1.54) is 13.3 Å². The summed E-state index contributed by atoms with van der Waals surface area (Å²) in [4.78, 5) is 15.6. The van der Waals surface area contributed by atoms with E-state index in [1.54, 1.807) is 12.3 Å². The summed E-state index contributed by atoms with van der Waals surface area (Å²) in [5, 5.41) is 11.6. The van der Waals surface area contributed by atoms with E-state index in [-0.39, 0.29) is 19.1 Å². The van der Waals surface area contributed by atoms with Gasteiger partial charge >= 0.3 is 0 Å². The van der Waals surface area contributed by atoms with Crippen LogP contribution in [0.4, 0.5) is 0 Å². The van der Waals surface area contributed by atoms with Crippen LogP contribution in [-0.2, 0) is 4.74 Å². The molecule has 88 valence electrons. The molecule has 0 aromatic carbocycles. The number of hydrogen-bond donors (Lipinski definition) is 2. The molecule has 0 aliphatic heterocycles. The first-order valence-corrected chi connectivity index (χ1v) is 5.48. The van der Waals surface area contributed by atoms with E-state index >= 15 is 0 Å². The maximum absolute atomic E-state index is 11.7. The van der Waals surface area contributed by atoms with E-state index in [2.05, 4.69) is 26.2 Å². The highest BCUT2D eigenvalue weighted by Gasteiger charge is 2.13. The molecule has 16 heavy (non-hydrogen) atoms. The number of nitrogens with zero attached hydrogens (tertiary/aromatic N) is 1. The molecular formula is C10H13BrN2O3. The number of amides is 1. The van der Waals surface area contributed by atoms with Gasteiger partial charge in [0.05, 0.1) is 24.8 Å². The van der Waals surface area contributed by atoms with Crippen LogP contribution in [0.5, 0.6) is 0 Å². The highest BCUT2D eigenvalue weighted by molar-refractivity contribution is 9.10. The zero-order valence-electron chi connectivity index (χ0n) is 8.81. The molecular weight excluding hydrogens is 276 g/mol. The largest absolute Gasteiger partial charge is 0.394 e. The highest BCUT2D eigenvalue weighted by Crippen LogP contribution is 2.09. The second-order valence-electron chi connectivity index (χ2n) is 3.20. The van der Waals surface area contributed by atoms with Gasteiger partial charge in [-0.05, 0) is 22.0 Å². The Kier molecular flexibility index (Phi) is 5.37. The lowest BCUT2D eigenvalue weighted by Crippen LogP contribution is -2.40. The Morgan fingerprint density at radius 1 is 1.69 bits per heavy atom. The van der Waals surface area contributed by atoms with Crippen molar-refractivity contribution in [1.29, 1.82) is 0 Å². The molecule has 0 saturated heterocycles. The van der Waals surface area contributed by atoms with Gasteiger partial charge in [0.1, 0.15) is 0 Å². The Morgan fingerprint density at radius 3 is 3.00 bits per heavy atom. The molecule has 2 N–H and O–H groups in total. The fourth-order valence-electron chi connectivity index (χ4n) is 1.15. The lowest BCUT2D eigenvalue weighted by Gasteiger charge is -2.14. The van der Waals surface area contributed by atoms with E-state index in [0.29, 0.717) is 5.56 Å². The minimum absolute atomic E-state index is 0.166. The summed E-state index contributed by atoms with van der Waals surface area (Å²) in [5.74, 6) is -0.287. The van der Waals surface area contributed by atoms with Crippen LogP contribution in [0.15, 0.2) is 22.9 Å². The minimum atomic E-state index is -0.406. The first-order valence-electron chi connectivity index (χ1n) is 4.68. The number of nitrogens with one attached hydrogen (secondary N) is 1. The molecule has 1 atom stereocenters. The SMILES string of the molecule is COCC(CO)NC(=O)c1cncc(Br)c1. The van der Waals surface area contributed by atoms with Crippen molar-refractivity contribution in [1.82, 2.24) is 10.3 Å². The fourth-order valence-corrected chi connectivity index (χ4v) is 1.51. The third-order valence-electron chi connectivity index (χ3n) is 1.89. The van der Waals surface area contributed by atoms with Crippen LogP contribution in [0, 0.1) is 0 Å². The molecule has 1 unspecified atom stereocenters. The molecule has 6 heteroatoms. The number of carbonyl (C=O) groups excluding carboxylic acids is 1. The number of methoxy groups -OCH3 is 1. The molecule has 5 nitrogen and oxygen atoms in total. The van der Waals surface area contributed by atoms with Gasteiger partial charge in [-0.2, -0.15) is 0 Å². The molecule has 0 bridgehead atoms. The van der Waals surface area contributed by atoms with Crippen LogP contribution in [0.2, 0.25) is 0 Å². The van der Waals surface area contributed by atoms with Crippen LogP contribution in [0.3, 0.4) is 0 Å². The van der Waals surface area contributed by atoms with E-state index in [0.717, 1.165) is 4.47 Å². The van der Waals surface area contributed by atoms with Crippen molar-refractivity contribution in [3.05, 3.63) is 28.5 Å². The molecule has 0 fully saturated rings. The molecule has 1 aromatic rings. The third-order valence-corrected chi connectivity index (χ3v) is 2.32. The molecule has 0 spiro atoms. The molecule has 0 saturated carbocycles. The Morgan fingerprint density at radius 2 is 2.44 bits per heavy atom. The van der Waals surface area contributed by atoms with Crippen molar-refractivity contribution in [2.24, 2.45) is 0 Å². The summed E-state index contributed by atoms with van der Waals surface area (Å²) in [6.45, 7) is 0.102. The summed E-state index contributed by atoms with van der Waals surface area (Å²) in [7, 11) is 1.51. The van der Waals surface area contributed by atoms with Crippen LogP contribution in [0.1, 0.15) is 10.4 Å². The fraction of sp³-hybridized carbons (Fsp3) is 0.400. The monoisotopic (exact) mass is 288 g/mol. The zero-order valence-corrected chi connectivity index (χ0v) is 10.4. The maximum Gasteiger partial charge on any atom is 0.253 e. The summed E-state index contributed by atoms with van der Waals surface area (Å²) in [6.07, 6.45) is 3.05. The van der Waals surface area contributed by atoms with Gasteiger partial charge in [-0.3, -0.25) is 9.78 Å². The van der Waals surface area contributed by atoms with Crippen molar-refractivity contribution in [3.63, 3.8) is 0 Å². The second kappa shape index (κ2) is 6.57. The number of aliphatic hydroxyl groups is 1. The smallest absolute Gasteiger partial charge is 0.253 e. The van der Waals surface area contributed by atoms with Crippen molar-refractivity contribution in [3.8, 4) is 0 Å². The number of aliphatic hydroxyl groups excluding tert-OH is 1. The Bertz CT molecular complexity index is 360. The zero-order chi connectivity index (χ0) is 12.0. The van der Waals surface area contributed by atoms with Gasteiger partial charge in [0.25, 0.3) is 5.91 Å². The number of carbonyl (C=O) groups is 1. The van der Waals surface area contributed by atoms with Crippen molar-refractivity contribution < 1.29 is 14.6 Å². The lowest BCUT2D eigenvalue weighted by molar-refractivity contribution is 0.0839.